The molecule has 0 aliphatic heterocycles. The molecule has 0 saturated heterocycles. The zero-order chi connectivity index (χ0) is 14.6. The van der Waals surface area contributed by atoms with Crippen molar-refractivity contribution in [3.05, 3.63) is 40.4 Å². The van der Waals surface area contributed by atoms with Gasteiger partial charge >= 0.3 is 0 Å². The summed E-state index contributed by atoms with van der Waals surface area (Å²) in [7, 11) is 0. The SMILES string of the molecule is CCCCCCCCSC(=O)/C=C/c1ccc(Br)cc1. The average molecular weight is 355 g/mol. The monoisotopic (exact) mass is 354 g/mol. The molecular weight excluding hydrogens is 332 g/mol. The Labute approximate surface area is 135 Å². The molecule has 1 aromatic rings. The van der Waals surface area contributed by atoms with Crippen LogP contribution in [0.2, 0.25) is 0 Å². The molecule has 0 aliphatic carbocycles. The normalized spacial score (nSPS) is 11.1. The fourth-order valence-electron chi connectivity index (χ4n) is 1.84. The zero-order valence-corrected chi connectivity index (χ0v) is 14.5. The van der Waals surface area contributed by atoms with E-state index in [2.05, 4.69) is 22.9 Å². The van der Waals surface area contributed by atoms with Crippen LogP contribution in [0.25, 0.3) is 6.08 Å². The van der Waals surface area contributed by atoms with Gasteiger partial charge in [-0.3, -0.25) is 4.79 Å². The summed E-state index contributed by atoms with van der Waals surface area (Å²) in [5, 5.41) is 0.154. The summed E-state index contributed by atoms with van der Waals surface area (Å²) in [6.07, 6.45) is 11.2. The summed E-state index contributed by atoms with van der Waals surface area (Å²) in [5.41, 5.74) is 1.06. The van der Waals surface area contributed by atoms with E-state index in [-0.39, 0.29) is 5.12 Å². The smallest absolute Gasteiger partial charge is 0.212 e. The van der Waals surface area contributed by atoms with Gasteiger partial charge < -0.3 is 0 Å². The van der Waals surface area contributed by atoms with E-state index in [4.69, 9.17) is 0 Å². The highest BCUT2D eigenvalue weighted by Crippen LogP contribution is 2.14. The van der Waals surface area contributed by atoms with E-state index in [1.165, 1.54) is 43.9 Å². The fraction of sp³-hybridized carbons (Fsp3) is 0.471. The van der Waals surface area contributed by atoms with Gasteiger partial charge in [0.1, 0.15) is 0 Å². The lowest BCUT2D eigenvalue weighted by Crippen LogP contribution is -1.89. The molecule has 110 valence electrons. The molecule has 0 fully saturated rings. The summed E-state index contributed by atoms with van der Waals surface area (Å²) in [6.45, 7) is 2.23. The number of benzene rings is 1. The van der Waals surface area contributed by atoms with Crippen LogP contribution >= 0.6 is 27.7 Å². The van der Waals surface area contributed by atoms with Crippen molar-refractivity contribution in [2.75, 3.05) is 5.75 Å². The average Bonchev–Trinajstić information content (AvgIpc) is 2.46. The van der Waals surface area contributed by atoms with Gasteiger partial charge in [0.15, 0.2) is 0 Å². The van der Waals surface area contributed by atoms with Gasteiger partial charge in [-0.25, -0.2) is 0 Å². The number of unbranched alkanes of at least 4 members (excludes halogenated alkanes) is 5. The fourth-order valence-corrected chi connectivity index (χ4v) is 2.82. The minimum atomic E-state index is 0.154. The van der Waals surface area contributed by atoms with Crippen molar-refractivity contribution in [2.24, 2.45) is 0 Å². The third-order valence-electron chi connectivity index (χ3n) is 3.02. The highest BCUT2D eigenvalue weighted by molar-refractivity contribution is 9.10. The lowest BCUT2D eigenvalue weighted by molar-refractivity contribution is -0.106. The van der Waals surface area contributed by atoms with Crippen molar-refractivity contribution >= 4 is 38.9 Å². The van der Waals surface area contributed by atoms with Crippen LogP contribution in [0.4, 0.5) is 0 Å². The van der Waals surface area contributed by atoms with Crippen molar-refractivity contribution in [1.82, 2.24) is 0 Å². The first kappa shape index (κ1) is 17.5. The zero-order valence-electron chi connectivity index (χ0n) is 12.1. The molecule has 0 saturated carbocycles. The van der Waals surface area contributed by atoms with Crippen molar-refractivity contribution < 1.29 is 4.79 Å². The summed E-state index contributed by atoms with van der Waals surface area (Å²) in [6, 6.07) is 7.94. The molecule has 0 N–H and O–H groups in total. The van der Waals surface area contributed by atoms with Crippen molar-refractivity contribution in [1.29, 1.82) is 0 Å². The Balaban J connectivity index is 2.12. The Morgan fingerprint density at radius 1 is 1.10 bits per heavy atom. The van der Waals surface area contributed by atoms with Gasteiger partial charge in [-0.05, 0) is 30.2 Å². The molecule has 0 aromatic heterocycles. The van der Waals surface area contributed by atoms with Crippen LogP contribution in [0.15, 0.2) is 34.8 Å². The van der Waals surface area contributed by atoms with Gasteiger partial charge in [-0.1, -0.05) is 84.9 Å². The second kappa shape index (κ2) is 11.2. The second-order valence-corrected chi connectivity index (χ2v) is 6.84. The van der Waals surface area contributed by atoms with Crippen molar-refractivity contribution in [2.45, 2.75) is 45.4 Å². The number of carbonyl (C=O) groups excluding carboxylic acids is 1. The number of carbonyl (C=O) groups is 1. The van der Waals surface area contributed by atoms with E-state index >= 15 is 0 Å². The van der Waals surface area contributed by atoms with Gasteiger partial charge in [0.05, 0.1) is 0 Å². The molecule has 0 unspecified atom stereocenters. The van der Waals surface area contributed by atoms with Crippen LogP contribution in [0.5, 0.6) is 0 Å². The first-order chi connectivity index (χ1) is 9.72. The second-order valence-electron chi connectivity index (χ2n) is 4.82. The third kappa shape index (κ3) is 8.60. The lowest BCUT2D eigenvalue weighted by Gasteiger charge is -1.99. The van der Waals surface area contributed by atoms with Crippen molar-refractivity contribution in [3.63, 3.8) is 0 Å². The van der Waals surface area contributed by atoms with Crippen LogP contribution in [0, 0.1) is 0 Å². The summed E-state index contributed by atoms with van der Waals surface area (Å²) < 4.78 is 1.05. The summed E-state index contributed by atoms with van der Waals surface area (Å²) >= 11 is 4.82. The molecule has 0 aliphatic rings. The Hall–Kier alpha value is -0.540. The molecule has 0 heterocycles. The lowest BCUT2D eigenvalue weighted by atomic mass is 10.1. The molecule has 1 rings (SSSR count). The van der Waals surface area contributed by atoms with Gasteiger partial charge in [0, 0.05) is 10.2 Å². The Kier molecular flexibility index (Phi) is 9.77. The third-order valence-corrected chi connectivity index (χ3v) is 4.47. The van der Waals surface area contributed by atoms with Crippen LogP contribution < -0.4 is 0 Å². The van der Waals surface area contributed by atoms with Crippen molar-refractivity contribution in [3.8, 4) is 0 Å². The van der Waals surface area contributed by atoms with E-state index in [1.54, 1.807) is 6.08 Å². The molecular formula is C17H23BrOS. The maximum absolute atomic E-state index is 11.7. The highest BCUT2D eigenvalue weighted by Gasteiger charge is 1.98. The van der Waals surface area contributed by atoms with Gasteiger partial charge in [0.2, 0.25) is 5.12 Å². The van der Waals surface area contributed by atoms with E-state index < -0.39 is 0 Å². The predicted octanol–water partition coefficient (Wildman–Crippen LogP) is 6.08. The molecule has 0 spiro atoms. The standard InChI is InChI=1S/C17H23BrOS/c1-2-3-4-5-6-7-14-20-17(19)13-10-15-8-11-16(18)12-9-15/h8-13H,2-7,14H2,1H3/b13-10+. The molecule has 3 heteroatoms. The van der Waals surface area contributed by atoms with E-state index in [1.807, 2.05) is 30.3 Å². The number of thioether (sulfide) groups is 1. The van der Waals surface area contributed by atoms with Gasteiger partial charge in [-0.15, -0.1) is 0 Å². The van der Waals surface area contributed by atoms with E-state index in [0.717, 1.165) is 22.2 Å². The molecule has 1 aromatic carbocycles. The number of hydrogen-bond donors (Lipinski definition) is 0. The van der Waals surface area contributed by atoms with Gasteiger partial charge in [-0.2, -0.15) is 0 Å². The highest BCUT2D eigenvalue weighted by atomic mass is 79.9. The van der Waals surface area contributed by atoms with Gasteiger partial charge in [0.25, 0.3) is 0 Å². The molecule has 0 radical (unpaired) electrons. The van der Waals surface area contributed by atoms with E-state index in [0.29, 0.717) is 0 Å². The number of hydrogen-bond acceptors (Lipinski definition) is 2. The molecule has 0 atom stereocenters. The quantitative estimate of drug-likeness (QED) is 0.394. The maximum atomic E-state index is 11.7. The van der Waals surface area contributed by atoms with Crippen LogP contribution in [-0.4, -0.2) is 10.9 Å². The molecule has 1 nitrogen and oxygen atoms in total. The number of rotatable bonds is 9. The number of halogens is 1. The first-order valence-corrected chi connectivity index (χ1v) is 9.10. The first-order valence-electron chi connectivity index (χ1n) is 7.33. The molecule has 0 amide bonds. The van der Waals surface area contributed by atoms with Crippen LogP contribution in [-0.2, 0) is 4.79 Å². The Morgan fingerprint density at radius 2 is 1.75 bits per heavy atom. The summed E-state index contributed by atoms with van der Waals surface area (Å²) in [5.74, 6) is 0.940. The molecule has 20 heavy (non-hydrogen) atoms. The predicted molar refractivity (Wildman–Crippen MR) is 94.0 cm³/mol. The Bertz CT molecular complexity index is 412. The minimum absolute atomic E-state index is 0.154. The summed E-state index contributed by atoms with van der Waals surface area (Å²) in [4.78, 5) is 11.7. The topological polar surface area (TPSA) is 17.1 Å². The van der Waals surface area contributed by atoms with Crippen LogP contribution in [0.1, 0.15) is 51.0 Å². The van der Waals surface area contributed by atoms with E-state index in [9.17, 15) is 4.79 Å². The van der Waals surface area contributed by atoms with Crippen LogP contribution in [0.3, 0.4) is 0 Å². The minimum Gasteiger partial charge on any atom is -0.282 e. The maximum Gasteiger partial charge on any atom is 0.212 e. The molecule has 0 bridgehead atoms. The Morgan fingerprint density at radius 3 is 2.45 bits per heavy atom. The largest absolute Gasteiger partial charge is 0.282 e.